The zero-order valence-corrected chi connectivity index (χ0v) is 18.2. The van der Waals surface area contributed by atoms with Gasteiger partial charge in [-0.3, -0.25) is 4.79 Å². The molecular formula is C24H26N2O3S. The summed E-state index contributed by atoms with van der Waals surface area (Å²) in [6, 6.07) is 14.0. The summed E-state index contributed by atoms with van der Waals surface area (Å²) in [5.74, 6) is 1.69. The summed E-state index contributed by atoms with van der Waals surface area (Å²) in [7, 11) is 3.33. The number of methoxy groups -OCH3 is 2. The molecule has 0 spiro atoms. The Bertz CT molecular complexity index is 981. The first-order chi connectivity index (χ1) is 14.7. The Morgan fingerprint density at radius 3 is 2.57 bits per heavy atom. The van der Waals surface area contributed by atoms with E-state index in [1.54, 1.807) is 25.6 Å². The van der Waals surface area contributed by atoms with Crippen molar-refractivity contribution in [1.82, 2.24) is 9.88 Å². The van der Waals surface area contributed by atoms with E-state index in [-0.39, 0.29) is 11.9 Å². The van der Waals surface area contributed by atoms with Gasteiger partial charge < -0.3 is 14.4 Å². The van der Waals surface area contributed by atoms with E-state index in [9.17, 15) is 4.79 Å². The topological polar surface area (TPSA) is 51.7 Å². The van der Waals surface area contributed by atoms with Gasteiger partial charge in [0.2, 0.25) is 5.91 Å². The summed E-state index contributed by atoms with van der Waals surface area (Å²) >= 11 is 1.58. The Hall–Kier alpha value is -2.86. The lowest BCUT2D eigenvalue weighted by atomic mass is 9.97. The van der Waals surface area contributed by atoms with Crippen molar-refractivity contribution >= 4 is 17.2 Å². The van der Waals surface area contributed by atoms with Crippen LogP contribution in [0.4, 0.5) is 0 Å². The number of benzene rings is 2. The zero-order valence-electron chi connectivity index (χ0n) is 17.3. The molecule has 0 radical (unpaired) electrons. The van der Waals surface area contributed by atoms with Crippen LogP contribution in [-0.2, 0) is 11.3 Å². The van der Waals surface area contributed by atoms with Gasteiger partial charge in [0.1, 0.15) is 11.5 Å². The Morgan fingerprint density at radius 2 is 1.87 bits per heavy atom. The maximum absolute atomic E-state index is 13.1. The van der Waals surface area contributed by atoms with Crippen LogP contribution in [0.1, 0.15) is 42.9 Å². The van der Waals surface area contributed by atoms with Crippen LogP contribution in [0.2, 0.25) is 0 Å². The predicted octanol–water partition coefficient (Wildman–Crippen LogP) is 5.47. The number of thiazole rings is 1. The molecule has 0 bridgehead atoms. The van der Waals surface area contributed by atoms with Crippen molar-refractivity contribution in [3.63, 3.8) is 0 Å². The SMILES string of the molecule is COc1cccc(OC)c1C1CCCCC(=O)N1Cc1cccc(-c2cscn2)c1. The van der Waals surface area contributed by atoms with Crippen molar-refractivity contribution in [1.29, 1.82) is 0 Å². The van der Waals surface area contributed by atoms with Crippen LogP contribution in [0.15, 0.2) is 53.4 Å². The van der Waals surface area contributed by atoms with Gasteiger partial charge >= 0.3 is 0 Å². The van der Waals surface area contributed by atoms with E-state index in [0.717, 1.165) is 53.1 Å². The van der Waals surface area contributed by atoms with Crippen molar-refractivity contribution in [2.45, 2.75) is 38.3 Å². The number of aromatic nitrogens is 1. The first-order valence-electron chi connectivity index (χ1n) is 10.2. The van der Waals surface area contributed by atoms with Gasteiger partial charge in [0, 0.05) is 23.9 Å². The second kappa shape index (κ2) is 9.30. The first kappa shape index (κ1) is 20.4. The number of amides is 1. The largest absolute Gasteiger partial charge is 0.496 e. The molecule has 1 aromatic heterocycles. The molecular weight excluding hydrogens is 396 g/mol. The molecule has 1 fully saturated rings. The molecule has 2 heterocycles. The molecule has 4 rings (SSSR count). The quantitative estimate of drug-likeness (QED) is 0.528. The molecule has 0 aliphatic carbocycles. The van der Waals surface area contributed by atoms with Crippen molar-refractivity contribution in [3.8, 4) is 22.8 Å². The Labute approximate surface area is 181 Å². The number of likely N-dealkylation sites (tertiary alicyclic amines) is 1. The minimum absolute atomic E-state index is 0.0889. The molecule has 156 valence electrons. The summed E-state index contributed by atoms with van der Waals surface area (Å²) in [6.45, 7) is 0.544. The molecule has 0 N–H and O–H groups in total. The Morgan fingerprint density at radius 1 is 1.10 bits per heavy atom. The molecule has 5 nitrogen and oxygen atoms in total. The van der Waals surface area contributed by atoms with E-state index in [1.165, 1.54) is 0 Å². The standard InChI is InChI=1S/C24H26N2O3S/c1-28-21-10-6-11-22(29-2)24(21)20-9-3-4-12-23(27)26(20)14-17-7-5-8-18(13-17)19-15-30-16-25-19/h5-8,10-11,13,15-16,20H,3-4,9,12,14H2,1-2H3. The number of nitrogens with zero attached hydrogens (tertiary/aromatic N) is 2. The fourth-order valence-corrected chi connectivity index (χ4v) is 4.74. The van der Waals surface area contributed by atoms with Crippen LogP contribution in [0.25, 0.3) is 11.3 Å². The van der Waals surface area contributed by atoms with Crippen molar-refractivity contribution in [2.24, 2.45) is 0 Å². The molecule has 1 aliphatic rings. The number of carbonyl (C=O) groups excluding carboxylic acids is 1. The molecule has 1 amide bonds. The lowest BCUT2D eigenvalue weighted by Gasteiger charge is -2.32. The molecule has 6 heteroatoms. The summed E-state index contributed by atoms with van der Waals surface area (Å²) in [4.78, 5) is 19.6. The Kier molecular flexibility index (Phi) is 6.33. The van der Waals surface area contributed by atoms with E-state index < -0.39 is 0 Å². The first-order valence-corrected chi connectivity index (χ1v) is 11.1. The van der Waals surface area contributed by atoms with Gasteiger partial charge in [-0.05, 0) is 36.6 Å². The second-order valence-corrected chi connectivity index (χ2v) is 8.15. The van der Waals surface area contributed by atoms with Crippen LogP contribution >= 0.6 is 11.3 Å². The van der Waals surface area contributed by atoms with E-state index in [4.69, 9.17) is 9.47 Å². The number of hydrogen-bond donors (Lipinski definition) is 0. The molecule has 1 aliphatic heterocycles. The van der Waals surface area contributed by atoms with Gasteiger partial charge in [0.25, 0.3) is 0 Å². The highest BCUT2D eigenvalue weighted by molar-refractivity contribution is 7.07. The summed E-state index contributed by atoms with van der Waals surface area (Å²) in [5.41, 5.74) is 5.92. The maximum atomic E-state index is 13.1. The van der Waals surface area contributed by atoms with Crippen molar-refractivity contribution in [2.75, 3.05) is 14.2 Å². The lowest BCUT2D eigenvalue weighted by molar-refractivity contribution is -0.133. The van der Waals surface area contributed by atoms with Gasteiger partial charge in [-0.1, -0.05) is 30.7 Å². The zero-order chi connectivity index (χ0) is 20.9. The van der Waals surface area contributed by atoms with Gasteiger partial charge in [-0.25, -0.2) is 4.98 Å². The molecule has 1 atom stereocenters. The van der Waals surface area contributed by atoms with E-state index in [2.05, 4.69) is 23.2 Å². The van der Waals surface area contributed by atoms with Crippen molar-refractivity contribution < 1.29 is 14.3 Å². The molecule has 30 heavy (non-hydrogen) atoms. The molecule has 0 saturated carbocycles. The van der Waals surface area contributed by atoms with Crippen molar-refractivity contribution in [3.05, 3.63) is 64.5 Å². The highest BCUT2D eigenvalue weighted by atomic mass is 32.1. The van der Waals surface area contributed by atoms with Crippen LogP contribution < -0.4 is 9.47 Å². The smallest absolute Gasteiger partial charge is 0.223 e. The summed E-state index contributed by atoms with van der Waals surface area (Å²) < 4.78 is 11.3. The minimum atomic E-state index is -0.0889. The van der Waals surface area contributed by atoms with Gasteiger partial charge in [-0.15, -0.1) is 11.3 Å². The third-order valence-electron chi connectivity index (χ3n) is 5.62. The van der Waals surface area contributed by atoms with E-state index in [1.807, 2.05) is 40.1 Å². The number of hydrogen-bond acceptors (Lipinski definition) is 5. The number of ether oxygens (including phenoxy) is 2. The molecule has 2 aromatic carbocycles. The fraction of sp³-hybridized carbons (Fsp3) is 0.333. The number of carbonyl (C=O) groups is 1. The molecule has 3 aromatic rings. The highest BCUT2D eigenvalue weighted by Gasteiger charge is 2.32. The second-order valence-electron chi connectivity index (χ2n) is 7.43. The maximum Gasteiger partial charge on any atom is 0.223 e. The monoisotopic (exact) mass is 422 g/mol. The van der Waals surface area contributed by atoms with Gasteiger partial charge in [0.05, 0.1) is 37.0 Å². The lowest BCUT2D eigenvalue weighted by Crippen LogP contribution is -2.33. The Balaban J connectivity index is 1.71. The number of rotatable bonds is 6. The van der Waals surface area contributed by atoms with Crippen LogP contribution in [0.3, 0.4) is 0 Å². The highest BCUT2D eigenvalue weighted by Crippen LogP contribution is 2.42. The van der Waals surface area contributed by atoms with Crippen LogP contribution in [-0.4, -0.2) is 30.0 Å². The third-order valence-corrected chi connectivity index (χ3v) is 6.21. The van der Waals surface area contributed by atoms with E-state index >= 15 is 0 Å². The molecule has 1 saturated heterocycles. The minimum Gasteiger partial charge on any atom is -0.496 e. The fourth-order valence-electron chi connectivity index (χ4n) is 4.17. The van der Waals surface area contributed by atoms with E-state index in [0.29, 0.717) is 13.0 Å². The average Bonchev–Trinajstić information content (AvgIpc) is 3.26. The summed E-state index contributed by atoms with van der Waals surface area (Å²) in [5, 5.41) is 2.04. The average molecular weight is 423 g/mol. The van der Waals surface area contributed by atoms with Crippen LogP contribution in [0, 0.1) is 0 Å². The van der Waals surface area contributed by atoms with Crippen LogP contribution in [0.5, 0.6) is 11.5 Å². The van der Waals surface area contributed by atoms with Gasteiger partial charge in [0.15, 0.2) is 0 Å². The summed E-state index contributed by atoms with van der Waals surface area (Å²) in [6.07, 6.45) is 3.35. The molecule has 1 unspecified atom stereocenters. The normalized spacial score (nSPS) is 16.9. The predicted molar refractivity (Wildman–Crippen MR) is 119 cm³/mol. The van der Waals surface area contributed by atoms with Gasteiger partial charge in [-0.2, -0.15) is 0 Å². The third kappa shape index (κ3) is 4.19.